The van der Waals surface area contributed by atoms with Crippen LogP contribution in [-0.4, -0.2) is 17.9 Å². The molecule has 4 nitrogen and oxygen atoms in total. The van der Waals surface area contributed by atoms with E-state index in [-0.39, 0.29) is 5.78 Å². The minimum atomic E-state index is -0.128. The van der Waals surface area contributed by atoms with Crippen molar-refractivity contribution in [2.45, 2.75) is 6.61 Å². The van der Waals surface area contributed by atoms with Gasteiger partial charge in [-0.2, -0.15) is 0 Å². The molecule has 0 spiro atoms. The van der Waals surface area contributed by atoms with Crippen molar-refractivity contribution in [3.8, 4) is 11.5 Å². The van der Waals surface area contributed by atoms with E-state index in [2.05, 4.69) is 4.98 Å². The Morgan fingerprint density at radius 1 is 1.33 bits per heavy atom. The number of hydrogen-bond acceptors (Lipinski definition) is 4. The van der Waals surface area contributed by atoms with Crippen molar-refractivity contribution in [3.63, 3.8) is 0 Å². The van der Waals surface area contributed by atoms with Crippen molar-refractivity contribution in [1.82, 2.24) is 4.98 Å². The van der Waals surface area contributed by atoms with E-state index < -0.39 is 0 Å². The molecule has 1 aromatic heterocycles. The number of pyridine rings is 1. The zero-order valence-corrected chi connectivity index (χ0v) is 9.84. The van der Waals surface area contributed by atoms with E-state index in [4.69, 9.17) is 9.47 Å². The van der Waals surface area contributed by atoms with Gasteiger partial charge in [-0.05, 0) is 24.3 Å². The molecule has 2 heterocycles. The largest absolute Gasteiger partial charge is 0.497 e. The summed E-state index contributed by atoms with van der Waals surface area (Å²) in [7, 11) is 1.57. The Bertz CT molecular complexity index is 622. The quantitative estimate of drug-likeness (QED) is 0.768. The third kappa shape index (κ3) is 1.62. The normalized spacial score (nSPS) is 13.1. The number of carbonyl (C=O) groups excluding carboxylic acids is 1. The minimum absolute atomic E-state index is 0.128. The van der Waals surface area contributed by atoms with Crippen molar-refractivity contribution in [1.29, 1.82) is 0 Å². The van der Waals surface area contributed by atoms with E-state index in [9.17, 15) is 4.79 Å². The number of rotatable bonds is 1. The minimum Gasteiger partial charge on any atom is -0.497 e. The fourth-order valence-corrected chi connectivity index (χ4v) is 1.98. The van der Waals surface area contributed by atoms with Crippen LogP contribution in [0.5, 0.6) is 11.5 Å². The zero-order chi connectivity index (χ0) is 12.5. The molecule has 90 valence electrons. The van der Waals surface area contributed by atoms with Gasteiger partial charge in [0.05, 0.1) is 12.7 Å². The molecule has 2 aromatic rings. The number of benzene rings is 1. The lowest BCUT2D eigenvalue weighted by Crippen LogP contribution is -2.05. The zero-order valence-electron chi connectivity index (χ0n) is 9.84. The van der Waals surface area contributed by atoms with Crippen LogP contribution in [0.3, 0.4) is 0 Å². The molecule has 1 aromatic carbocycles. The standard InChI is InChI=1S/C14H11NO3/c1-17-10-4-5-12-11(7-10)14(16)13-9(8-18-12)3-2-6-15-13/h2-7H,8H2,1H3. The maximum Gasteiger partial charge on any atom is 0.215 e. The number of hydrogen-bond donors (Lipinski definition) is 0. The summed E-state index contributed by atoms with van der Waals surface area (Å²) < 4.78 is 10.8. The Kier molecular flexibility index (Phi) is 2.48. The predicted octanol–water partition coefficient (Wildman–Crippen LogP) is 2.21. The van der Waals surface area contributed by atoms with Gasteiger partial charge in [0.25, 0.3) is 0 Å². The van der Waals surface area contributed by atoms with Gasteiger partial charge in [-0.15, -0.1) is 0 Å². The monoisotopic (exact) mass is 241 g/mol. The topological polar surface area (TPSA) is 48.4 Å². The van der Waals surface area contributed by atoms with Crippen LogP contribution in [0.15, 0.2) is 36.5 Å². The number of ether oxygens (including phenoxy) is 2. The van der Waals surface area contributed by atoms with Crippen LogP contribution in [0.2, 0.25) is 0 Å². The van der Waals surface area contributed by atoms with Gasteiger partial charge < -0.3 is 9.47 Å². The Morgan fingerprint density at radius 2 is 2.22 bits per heavy atom. The van der Waals surface area contributed by atoms with E-state index in [0.29, 0.717) is 29.4 Å². The summed E-state index contributed by atoms with van der Waals surface area (Å²) in [6.07, 6.45) is 1.61. The second-order valence-electron chi connectivity index (χ2n) is 3.99. The van der Waals surface area contributed by atoms with E-state index in [1.165, 1.54) is 0 Å². The summed E-state index contributed by atoms with van der Waals surface area (Å²) in [5.41, 5.74) is 1.74. The van der Waals surface area contributed by atoms with Crippen LogP contribution in [0, 0.1) is 0 Å². The molecule has 0 fully saturated rings. The van der Waals surface area contributed by atoms with Crippen LogP contribution in [0.1, 0.15) is 21.6 Å². The third-order valence-corrected chi connectivity index (χ3v) is 2.92. The number of ketones is 1. The van der Waals surface area contributed by atoms with Gasteiger partial charge in [-0.1, -0.05) is 6.07 Å². The highest BCUT2D eigenvalue weighted by Crippen LogP contribution is 2.30. The van der Waals surface area contributed by atoms with E-state index in [1.807, 2.05) is 6.07 Å². The molecule has 0 aliphatic carbocycles. The van der Waals surface area contributed by atoms with Crippen molar-refractivity contribution in [2.24, 2.45) is 0 Å². The Labute approximate surface area is 104 Å². The van der Waals surface area contributed by atoms with Gasteiger partial charge in [0.1, 0.15) is 23.8 Å². The predicted molar refractivity (Wildman–Crippen MR) is 65.0 cm³/mol. The number of carbonyl (C=O) groups is 1. The van der Waals surface area contributed by atoms with Crippen molar-refractivity contribution >= 4 is 5.78 Å². The number of aromatic nitrogens is 1. The van der Waals surface area contributed by atoms with Gasteiger partial charge in [0.2, 0.25) is 5.78 Å². The number of methoxy groups -OCH3 is 1. The van der Waals surface area contributed by atoms with Crippen LogP contribution in [0.4, 0.5) is 0 Å². The summed E-state index contributed by atoms with van der Waals surface area (Å²) >= 11 is 0. The van der Waals surface area contributed by atoms with E-state index >= 15 is 0 Å². The molecule has 0 N–H and O–H groups in total. The highest BCUT2D eigenvalue weighted by Gasteiger charge is 2.23. The lowest BCUT2D eigenvalue weighted by molar-refractivity contribution is 0.103. The highest BCUT2D eigenvalue weighted by molar-refractivity contribution is 6.10. The molecular weight excluding hydrogens is 230 g/mol. The molecule has 4 heteroatoms. The SMILES string of the molecule is COc1ccc2c(c1)C(=O)c1ncccc1CO2. The summed E-state index contributed by atoms with van der Waals surface area (Å²) in [5.74, 6) is 1.07. The van der Waals surface area contributed by atoms with Crippen molar-refractivity contribution in [3.05, 3.63) is 53.3 Å². The first-order valence-electron chi connectivity index (χ1n) is 5.59. The second-order valence-corrected chi connectivity index (χ2v) is 3.99. The molecule has 0 radical (unpaired) electrons. The maximum atomic E-state index is 12.4. The van der Waals surface area contributed by atoms with Gasteiger partial charge in [0.15, 0.2) is 0 Å². The molecule has 1 aliphatic heterocycles. The van der Waals surface area contributed by atoms with Gasteiger partial charge in [-0.25, -0.2) is 0 Å². The lowest BCUT2D eigenvalue weighted by atomic mass is 10.0. The van der Waals surface area contributed by atoms with Crippen LogP contribution >= 0.6 is 0 Å². The fraction of sp³-hybridized carbons (Fsp3) is 0.143. The molecule has 0 amide bonds. The number of nitrogens with zero attached hydrogens (tertiary/aromatic N) is 1. The van der Waals surface area contributed by atoms with Crippen molar-refractivity contribution < 1.29 is 14.3 Å². The average Bonchev–Trinajstić information content (AvgIpc) is 2.57. The first kappa shape index (κ1) is 10.8. The van der Waals surface area contributed by atoms with E-state index in [1.54, 1.807) is 37.6 Å². The summed E-state index contributed by atoms with van der Waals surface area (Å²) in [6, 6.07) is 8.85. The third-order valence-electron chi connectivity index (χ3n) is 2.92. The molecule has 1 aliphatic rings. The van der Waals surface area contributed by atoms with Crippen LogP contribution in [0.25, 0.3) is 0 Å². The first-order valence-corrected chi connectivity index (χ1v) is 5.59. The Morgan fingerprint density at radius 3 is 3.06 bits per heavy atom. The van der Waals surface area contributed by atoms with Gasteiger partial charge in [-0.3, -0.25) is 9.78 Å². The fourth-order valence-electron chi connectivity index (χ4n) is 1.98. The molecule has 0 unspecified atom stereocenters. The Balaban J connectivity index is 2.17. The molecule has 0 saturated heterocycles. The molecule has 0 saturated carbocycles. The lowest BCUT2D eigenvalue weighted by Gasteiger charge is -2.07. The second kappa shape index (κ2) is 4.14. The molecule has 3 rings (SSSR count). The maximum absolute atomic E-state index is 12.4. The van der Waals surface area contributed by atoms with Gasteiger partial charge in [0, 0.05) is 11.8 Å². The smallest absolute Gasteiger partial charge is 0.215 e. The van der Waals surface area contributed by atoms with Gasteiger partial charge >= 0.3 is 0 Å². The van der Waals surface area contributed by atoms with Crippen LogP contribution < -0.4 is 9.47 Å². The molecule has 18 heavy (non-hydrogen) atoms. The number of fused-ring (bicyclic) bond motifs is 2. The molecule has 0 bridgehead atoms. The summed E-state index contributed by atoms with van der Waals surface area (Å²) in [4.78, 5) is 16.5. The summed E-state index contributed by atoms with van der Waals surface area (Å²) in [5, 5.41) is 0. The highest BCUT2D eigenvalue weighted by atomic mass is 16.5. The first-order chi connectivity index (χ1) is 8.79. The van der Waals surface area contributed by atoms with E-state index in [0.717, 1.165) is 5.56 Å². The molecular formula is C14H11NO3. The average molecular weight is 241 g/mol. The molecule has 0 atom stereocenters. The summed E-state index contributed by atoms with van der Waals surface area (Å²) in [6.45, 7) is 0.355. The Hall–Kier alpha value is -2.36. The van der Waals surface area contributed by atoms with Crippen molar-refractivity contribution in [2.75, 3.05) is 7.11 Å². The van der Waals surface area contributed by atoms with Crippen LogP contribution in [-0.2, 0) is 6.61 Å².